The van der Waals surface area contributed by atoms with Crippen LogP contribution in [0.15, 0.2) is 21.7 Å². The third-order valence-electron chi connectivity index (χ3n) is 10.4. The SMILES string of the molecule is Cc1cc(=O)[nH]c(NC(=O)NCCCCNc2nc(NCCSSCCNc3nc(NCCCCNC(=O)Nc4nc(C)cc(=O)[nH]4)nc(NC[C@H](O)[C@@H](O)[C@H](O)[C@H](O)CO)n3)nc(NC[C@H](O)[C@@H](O)[C@H](O)[C@H](O)CO)n2)n1. The summed E-state index contributed by atoms with van der Waals surface area (Å²) in [6, 6.07) is 1.47. The fourth-order valence-electron chi connectivity index (χ4n) is 6.40. The number of nitrogens with one attached hydrogen (secondary N) is 12. The van der Waals surface area contributed by atoms with Crippen LogP contribution in [-0.4, -0.2) is 239 Å². The van der Waals surface area contributed by atoms with E-state index in [2.05, 4.69) is 103 Å². The van der Waals surface area contributed by atoms with Crippen molar-refractivity contribution in [3.63, 3.8) is 0 Å². The van der Waals surface area contributed by atoms with Gasteiger partial charge in [0.25, 0.3) is 11.1 Å². The van der Waals surface area contributed by atoms with Gasteiger partial charge in [0, 0.05) is 87.4 Å². The molecule has 0 unspecified atom stereocenters. The average Bonchev–Trinajstić information content (AvgIpc) is 3.40. The van der Waals surface area contributed by atoms with E-state index in [-0.39, 0.29) is 73.8 Å². The highest BCUT2D eigenvalue weighted by Gasteiger charge is 2.31. The summed E-state index contributed by atoms with van der Waals surface area (Å²) in [6.07, 6.45) is -11.7. The lowest BCUT2D eigenvalue weighted by Gasteiger charge is -2.25. The predicted octanol–water partition coefficient (Wildman–Crippen LogP) is -4.53. The van der Waals surface area contributed by atoms with Gasteiger partial charge in [-0.1, -0.05) is 21.6 Å². The van der Waals surface area contributed by atoms with E-state index in [0.717, 1.165) is 0 Å². The van der Waals surface area contributed by atoms with Crippen LogP contribution >= 0.6 is 21.6 Å². The predicted molar refractivity (Wildman–Crippen MR) is 289 cm³/mol. The number of carbonyl (C=O) groups is 2. The van der Waals surface area contributed by atoms with Crippen molar-refractivity contribution < 1.29 is 60.7 Å². The number of aromatic nitrogens is 10. The number of rotatable bonds is 37. The molecule has 22 N–H and O–H groups in total. The number of aliphatic hydroxyl groups is 10. The first kappa shape index (κ1) is 63.9. The van der Waals surface area contributed by atoms with E-state index in [1.165, 1.54) is 33.7 Å². The highest BCUT2D eigenvalue weighted by Crippen LogP contribution is 2.21. The second-order valence-electron chi connectivity index (χ2n) is 17.0. The molecular formula is C42H70N20O14S2. The highest BCUT2D eigenvalue weighted by atomic mass is 33.1. The Balaban J connectivity index is 1.26. The van der Waals surface area contributed by atoms with Gasteiger partial charge < -0.3 is 93.6 Å². The van der Waals surface area contributed by atoms with Gasteiger partial charge in [-0.3, -0.25) is 30.2 Å². The minimum atomic E-state index is -1.84. The van der Waals surface area contributed by atoms with Gasteiger partial charge in [0.05, 0.1) is 25.4 Å². The van der Waals surface area contributed by atoms with Gasteiger partial charge in [0.1, 0.15) is 36.6 Å². The van der Waals surface area contributed by atoms with Gasteiger partial charge in [-0.25, -0.2) is 19.6 Å². The number of aryl methyl sites for hydroxylation is 2. The Hall–Kier alpha value is -6.58. The minimum absolute atomic E-state index is 0.0131. The van der Waals surface area contributed by atoms with Crippen molar-refractivity contribution in [3.8, 4) is 0 Å². The van der Waals surface area contributed by atoms with E-state index in [1.807, 2.05) is 0 Å². The second kappa shape index (κ2) is 34.3. The topological polar surface area (TPSA) is 526 Å². The molecule has 4 aromatic rings. The number of nitrogens with zero attached hydrogens (tertiary/aromatic N) is 8. The van der Waals surface area contributed by atoms with E-state index < -0.39 is 85.2 Å². The Morgan fingerprint density at radius 1 is 0.462 bits per heavy atom. The number of hydrogen-bond acceptors (Lipinski definition) is 30. The molecule has 0 aliphatic rings. The number of hydrogen-bond donors (Lipinski definition) is 22. The molecule has 8 atom stereocenters. The van der Waals surface area contributed by atoms with E-state index in [9.17, 15) is 60.0 Å². The molecular weight excluding hydrogens is 1070 g/mol. The Morgan fingerprint density at radius 3 is 1.10 bits per heavy atom. The number of anilines is 8. The van der Waals surface area contributed by atoms with Crippen LogP contribution in [0.1, 0.15) is 37.1 Å². The Morgan fingerprint density at radius 2 is 0.769 bits per heavy atom. The zero-order chi connectivity index (χ0) is 57.0. The maximum atomic E-state index is 12.3. The smallest absolute Gasteiger partial charge is 0.321 e. The zero-order valence-electron chi connectivity index (χ0n) is 42.6. The first-order valence-corrected chi connectivity index (χ1v) is 26.9. The van der Waals surface area contributed by atoms with Crippen LogP contribution in [0.3, 0.4) is 0 Å². The Labute approximate surface area is 453 Å². The second-order valence-corrected chi connectivity index (χ2v) is 19.7. The van der Waals surface area contributed by atoms with Crippen LogP contribution in [0.2, 0.25) is 0 Å². The van der Waals surface area contributed by atoms with E-state index >= 15 is 0 Å². The van der Waals surface area contributed by atoms with Crippen LogP contribution in [-0.2, 0) is 0 Å². The van der Waals surface area contributed by atoms with Gasteiger partial charge in [-0.05, 0) is 39.5 Å². The number of carbonyl (C=O) groups excluding carboxylic acids is 2. The van der Waals surface area contributed by atoms with Gasteiger partial charge in [-0.2, -0.15) is 29.9 Å². The maximum absolute atomic E-state index is 12.3. The van der Waals surface area contributed by atoms with Crippen molar-refractivity contribution in [2.24, 2.45) is 0 Å². The molecule has 4 rings (SSSR count). The molecule has 4 amide bonds. The number of urea groups is 2. The number of H-pyrrole nitrogens is 2. The van der Waals surface area contributed by atoms with Crippen LogP contribution in [0.5, 0.6) is 0 Å². The highest BCUT2D eigenvalue weighted by molar-refractivity contribution is 8.76. The molecule has 0 spiro atoms. The van der Waals surface area contributed by atoms with Crippen molar-refractivity contribution in [3.05, 3.63) is 44.2 Å². The number of amides is 4. The number of aromatic amines is 2. The summed E-state index contributed by atoms with van der Waals surface area (Å²) in [5.74, 6) is 1.70. The quantitative estimate of drug-likeness (QED) is 0.0149. The van der Waals surface area contributed by atoms with Crippen molar-refractivity contribution in [2.45, 2.75) is 88.4 Å². The molecule has 34 nitrogen and oxygen atoms in total. The van der Waals surface area contributed by atoms with Crippen LogP contribution in [0, 0.1) is 13.8 Å². The molecule has 0 aliphatic carbocycles. The minimum Gasteiger partial charge on any atom is -0.394 e. The molecule has 36 heteroatoms. The van der Waals surface area contributed by atoms with Gasteiger partial charge in [0.15, 0.2) is 0 Å². The maximum Gasteiger partial charge on any atom is 0.321 e. The summed E-state index contributed by atoms with van der Waals surface area (Å²) >= 11 is 0. The van der Waals surface area contributed by atoms with E-state index in [0.29, 0.717) is 74.8 Å². The van der Waals surface area contributed by atoms with Crippen LogP contribution in [0.4, 0.5) is 57.2 Å². The van der Waals surface area contributed by atoms with Gasteiger partial charge in [-0.15, -0.1) is 0 Å². The molecule has 0 aromatic carbocycles. The summed E-state index contributed by atoms with van der Waals surface area (Å²) in [6.45, 7) is 2.89. The fraction of sp³-hybridized carbons (Fsp3) is 0.619. The summed E-state index contributed by atoms with van der Waals surface area (Å²) in [5.41, 5.74) is 0.0694. The third-order valence-corrected chi connectivity index (χ3v) is 12.8. The molecule has 0 saturated carbocycles. The monoisotopic (exact) mass is 1140 g/mol. The Bertz CT molecular complexity index is 2390. The lowest BCUT2D eigenvalue weighted by molar-refractivity contribution is -0.111. The standard InChI is InChI=1S/C42H70N20O14S2/c1-21-15-27(69)53-39(51-21)61-41(75)47-9-5-3-7-43-33-55-35(59-37(57-33)49-17-23(65)29(71)31(73)25(67)19-63)45-11-13-77-78-14-12-46-36-56-34(58-38(60-36)50-18-24(66)30(72)32(74)26(68)20-64)44-8-4-6-10-48-42(76)62-40-52-22(2)16-28(70)54-40/h15-16,23-26,29-32,63-68,71-74H,3-14,17-20H2,1-2H3,(H3,43,45,49,55,57,59)(H3,44,46,50,56,58,60)(H3,47,51,53,61,69,75)(H3,48,52,54,62,70,76)/t23-,24-,25+,26+,29+,30+,31+,32+/m0/s1. The van der Waals surface area contributed by atoms with E-state index in [1.54, 1.807) is 13.8 Å². The summed E-state index contributed by atoms with van der Waals surface area (Å²) in [5, 5.41) is 127. The summed E-state index contributed by atoms with van der Waals surface area (Å²) < 4.78 is 0. The van der Waals surface area contributed by atoms with Crippen LogP contribution < -0.4 is 64.3 Å². The van der Waals surface area contributed by atoms with Crippen molar-refractivity contribution >= 4 is 81.2 Å². The Kier molecular flexibility index (Phi) is 28.1. The molecule has 0 saturated heterocycles. The van der Waals surface area contributed by atoms with Gasteiger partial charge in [0.2, 0.25) is 47.6 Å². The summed E-state index contributed by atoms with van der Waals surface area (Å²) in [4.78, 5) is 86.9. The molecule has 0 bridgehead atoms. The van der Waals surface area contributed by atoms with Crippen molar-refractivity contribution in [2.75, 3.05) is 120 Å². The normalized spacial score (nSPS) is 14.4. The summed E-state index contributed by atoms with van der Waals surface area (Å²) in [7, 11) is 3.03. The molecule has 78 heavy (non-hydrogen) atoms. The van der Waals surface area contributed by atoms with E-state index in [4.69, 9.17) is 10.2 Å². The molecule has 0 aliphatic heterocycles. The van der Waals surface area contributed by atoms with Gasteiger partial charge >= 0.3 is 12.1 Å². The molecule has 0 radical (unpaired) electrons. The first-order valence-electron chi connectivity index (χ1n) is 24.5. The lowest BCUT2D eigenvalue weighted by Crippen LogP contribution is -2.48. The fourth-order valence-corrected chi connectivity index (χ4v) is 8.21. The molecule has 4 aromatic heterocycles. The first-order chi connectivity index (χ1) is 37.3. The molecule has 0 fully saturated rings. The van der Waals surface area contributed by atoms with Crippen molar-refractivity contribution in [1.29, 1.82) is 0 Å². The van der Waals surface area contributed by atoms with Crippen molar-refractivity contribution in [1.82, 2.24) is 60.5 Å². The molecule has 434 valence electrons. The molecule has 4 heterocycles. The largest absolute Gasteiger partial charge is 0.394 e. The zero-order valence-corrected chi connectivity index (χ0v) is 44.2. The lowest BCUT2D eigenvalue weighted by atomic mass is 10.0. The average molecular weight is 1140 g/mol. The number of aliphatic hydroxyl groups excluding tert-OH is 10. The third kappa shape index (κ3) is 24.0. The van der Waals surface area contributed by atoms with Crippen LogP contribution in [0.25, 0.3) is 0 Å². The number of unbranched alkanes of at least 4 members (excludes halogenated alkanes) is 2.